The standard InChI is InChI=1S/C22H12Cl2N2O4/c23-11-4-6-15-17(8-11)21(29)25(19(15)27)13-2-1-3-14(10-13)26-20(28)16-7-5-12(24)9-18(16)22(26)30/h1-10,19,27H. The molecule has 0 bridgehead atoms. The smallest absolute Gasteiger partial charge is 0.266 e. The van der Waals surface area contributed by atoms with Crippen LogP contribution >= 0.6 is 23.2 Å². The zero-order valence-corrected chi connectivity index (χ0v) is 16.7. The van der Waals surface area contributed by atoms with E-state index in [9.17, 15) is 19.5 Å². The van der Waals surface area contributed by atoms with Gasteiger partial charge in [-0.3, -0.25) is 19.3 Å². The highest BCUT2D eigenvalue weighted by Gasteiger charge is 2.39. The van der Waals surface area contributed by atoms with E-state index in [1.807, 2.05) is 0 Å². The normalized spacial score (nSPS) is 17.6. The van der Waals surface area contributed by atoms with Crippen molar-refractivity contribution in [2.24, 2.45) is 0 Å². The number of anilines is 2. The van der Waals surface area contributed by atoms with Crippen LogP contribution in [0.2, 0.25) is 10.0 Å². The number of carbonyl (C=O) groups is 3. The van der Waals surface area contributed by atoms with E-state index >= 15 is 0 Å². The van der Waals surface area contributed by atoms with E-state index in [4.69, 9.17) is 23.2 Å². The average Bonchev–Trinajstić information content (AvgIpc) is 3.12. The van der Waals surface area contributed by atoms with Crippen molar-refractivity contribution in [1.82, 2.24) is 0 Å². The minimum absolute atomic E-state index is 0.220. The number of imide groups is 1. The van der Waals surface area contributed by atoms with Crippen molar-refractivity contribution in [1.29, 1.82) is 0 Å². The first kappa shape index (κ1) is 18.8. The summed E-state index contributed by atoms with van der Waals surface area (Å²) in [5.41, 5.74) is 1.84. The molecule has 0 fully saturated rings. The monoisotopic (exact) mass is 438 g/mol. The van der Waals surface area contributed by atoms with Crippen molar-refractivity contribution >= 4 is 52.3 Å². The van der Waals surface area contributed by atoms with Gasteiger partial charge in [-0.05, 0) is 48.5 Å². The molecule has 3 aromatic rings. The molecule has 2 aliphatic rings. The maximum absolute atomic E-state index is 12.9. The third kappa shape index (κ3) is 2.65. The highest BCUT2D eigenvalue weighted by molar-refractivity contribution is 6.37. The SMILES string of the molecule is O=C1c2ccc(Cl)cc2C(=O)N1c1cccc(N2C(=O)c3cc(Cl)ccc3C2O)c1. The van der Waals surface area contributed by atoms with E-state index in [1.54, 1.807) is 36.4 Å². The van der Waals surface area contributed by atoms with Crippen molar-refractivity contribution in [3.63, 3.8) is 0 Å². The first-order valence-corrected chi connectivity index (χ1v) is 9.72. The van der Waals surface area contributed by atoms with Crippen molar-refractivity contribution in [3.8, 4) is 0 Å². The lowest BCUT2D eigenvalue weighted by atomic mass is 10.1. The molecule has 3 aromatic carbocycles. The van der Waals surface area contributed by atoms with Crippen LogP contribution in [0.3, 0.4) is 0 Å². The molecule has 0 spiro atoms. The fraction of sp³-hybridized carbons (Fsp3) is 0.0455. The predicted octanol–water partition coefficient (Wildman–Crippen LogP) is 4.45. The number of fused-ring (bicyclic) bond motifs is 2. The van der Waals surface area contributed by atoms with Crippen LogP contribution in [0, 0.1) is 0 Å². The van der Waals surface area contributed by atoms with Gasteiger partial charge in [-0.2, -0.15) is 0 Å². The predicted molar refractivity (Wildman–Crippen MR) is 112 cm³/mol. The molecule has 1 unspecified atom stereocenters. The van der Waals surface area contributed by atoms with Gasteiger partial charge in [-0.1, -0.05) is 35.3 Å². The Labute approximate surface area is 180 Å². The van der Waals surface area contributed by atoms with Gasteiger partial charge < -0.3 is 5.11 Å². The summed E-state index contributed by atoms with van der Waals surface area (Å²) in [7, 11) is 0. The molecular weight excluding hydrogens is 427 g/mol. The average molecular weight is 439 g/mol. The first-order valence-electron chi connectivity index (χ1n) is 8.96. The number of hydrogen-bond donors (Lipinski definition) is 1. The third-order valence-electron chi connectivity index (χ3n) is 5.20. The molecule has 30 heavy (non-hydrogen) atoms. The van der Waals surface area contributed by atoms with Crippen molar-refractivity contribution in [2.45, 2.75) is 6.23 Å². The summed E-state index contributed by atoms with van der Waals surface area (Å²) in [4.78, 5) is 40.8. The van der Waals surface area contributed by atoms with Crippen LogP contribution in [0.15, 0.2) is 60.7 Å². The second-order valence-electron chi connectivity index (χ2n) is 6.94. The van der Waals surface area contributed by atoms with E-state index in [-0.39, 0.29) is 16.8 Å². The number of nitrogens with zero attached hydrogens (tertiary/aromatic N) is 2. The molecule has 6 nitrogen and oxygen atoms in total. The summed E-state index contributed by atoms with van der Waals surface area (Å²) in [6.07, 6.45) is -1.21. The van der Waals surface area contributed by atoms with Gasteiger partial charge in [0, 0.05) is 26.9 Å². The van der Waals surface area contributed by atoms with Crippen LogP contribution in [0.4, 0.5) is 11.4 Å². The zero-order chi connectivity index (χ0) is 21.2. The van der Waals surface area contributed by atoms with Gasteiger partial charge in [0.05, 0.1) is 16.8 Å². The highest BCUT2D eigenvalue weighted by Crippen LogP contribution is 2.39. The third-order valence-corrected chi connectivity index (χ3v) is 5.67. The van der Waals surface area contributed by atoms with Crippen LogP contribution < -0.4 is 9.80 Å². The van der Waals surface area contributed by atoms with Gasteiger partial charge in [0.25, 0.3) is 17.7 Å². The summed E-state index contributed by atoms with van der Waals surface area (Å²) in [5, 5.41) is 11.4. The molecule has 1 atom stereocenters. The number of benzene rings is 3. The Hall–Kier alpha value is -3.19. The lowest BCUT2D eigenvalue weighted by molar-refractivity contribution is 0.0919. The van der Waals surface area contributed by atoms with E-state index < -0.39 is 23.9 Å². The van der Waals surface area contributed by atoms with Gasteiger partial charge in [-0.15, -0.1) is 0 Å². The Morgan fingerprint density at radius 3 is 2.10 bits per heavy atom. The first-order chi connectivity index (χ1) is 14.4. The fourth-order valence-corrected chi connectivity index (χ4v) is 4.15. The van der Waals surface area contributed by atoms with Crippen LogP contribution in [0.25, 0.3) is 0 Å². The molecule has 5 rings (SSSR count). The van der Waals surface area contributed by atoms with E-state index in [0.717, 1.165) is 4.90 Å². The van der Waals surface area contributed by atoms with E-state index in [2.05, 4.69) is 0 Å². The van der Waals surface area contributed by atoms with Crippen molar-refractivity contribution in [2.75, 3.05) is 9.80 Å². The Kier molecular flexibility index (Phi) is 4.18. The zero-order valence-electron chi connectivity index (χ0n) is 15.2. The number of halogens is 2. The maximum Gasteiger partial charge on any atom is 0.266 e. The number of hydrogen-bond acceptors (Lipinski definition) is 4. The van der Waals surface area contributed by atoms with Crippen LogP contribution in [-0.4, -0.2) is 22.8 Å². The molecule has 0 saturated carbocycles. The minimum atomic E-state index is -1.21. The lowest BCUT2D eigenvalue weighted by Crippen LogP contribution is -2.31. The Balaban J connectivity index is 1.54. The summed E-state index contributed by atoms with van der Waals surface area (Å²) < 4.78 is 0. The fourth-order valence-electron chi connectivity index (χ4n) is 3.81. The number of rotatable bonds is 2. The summed E-state index contributed by atoms with van der Waals surface area (Å²) in [5.74, 6) is -1.41. The Bertz CT molecular complexity index is 1270. The largest absolute Gasteiger partial charge is 0.369 e. The molecule has 0 saturated heterocycles. The molecule has 0 aliphatic carbocycles. The topological polar surface area (TPSA) is 77.9 Å². The number of aliphatic hydroxyl groups excluding tert-OH is 1. The summed E-state index contributed by atoms with van der Waals surface area (Å²) >= 11 is 12.0. The quantitative estimate of drug-likeness (QED) is 0.599. The maximum atomic E-state index is 12.9. The Morgan fingerprint density at radius 2 is 1.33 bits per heavy atom. The molecule has 0 radical (unpaired) electrons. The van der Waals surface area contributed by atoms with Gasteiger partial charge in [0.2, 0.25) is 0 Å². The number of amides is 3. The van der Waals surface area contributed by atoms with Gasteiger partial charge in [0.15, 0.2) is 6.23 Å². The minimum Gasteiger partial charge on any atom is -0.369 e. The molecular formula is C22H12Cl2N2O4. The van der Waals surface area contributed by atoms with Crippen LogP contribution in [0.5, 0.6) is 0 Å². The van der Waals surface area contributed by atoms with Crippen LogP contribution in [-0.2, 0) is 0 Å². The van der Waals surface area contributed by atoms with Crippen molar-refractivity contribution < 1.29 is 19.5 Å². The van der Waals surface area contributed by atoms with E-state index in [1.165, 1.54) is 29.2 Å². The molecule has 2 heterocycles. The van der Waals surface area contributed by atoms with Crippen LogP contribution in [0.1, 0.15) is 42.9 Å². The second kappa shape index (κ2) is 6.67. The molecule has 3 amide bonds. The summed E-state index contributed by atoms with van der Waals surface area (Å²) in [6.45, 7) is 0. The van der Waals surface area contributed by atoms with Gasteiger partial charge >= 0.3 is 0 Å². The van der Waals surface area contributed by atoms with Gasteiger partial charge in [0.1, 0.15) is 0 Å². The lowest BCUT2D eigenvalue weighted by Gasteiger charge is -2.23. The number of aliphatic hydroxyl groups is 1. The number of carbonyl (C=O) groups excluding carboxylic acids is 3. The molecule has 0 aromatic heterocycles. The Morgan fingerprint density at radius 1 is 0.700 bits per heavy atom. The molecule has 148 valence electrons. The van der Waals surface area contributed by atoms with E-state index in [0.29, 0.717) is 26.9 Å². The molecule has 2 aliphatic heterocycles. The van der Waals surface area contributed by atoms with Crippen molar-refractivity contribution in [3.05, 3.63) is 93.0 Å². The van der Waals surface area contributed by atoms with Gasteiger partial charge in [-0.25, -0.2) is 4.90 Å². The molecule has 8 heteroatoms. The highest BCUT2D eigenvalue weighted by atomic mass is 35.5. The summed E-state index contributed by atoms with van der Waals surface area (Å²) in [6, 6.07) is 15.5. The second-order valence-corrected chi connectivity index (χ2v) is 7.81. The molecule has 1 N–H and O–H groups in total.